The van der Waals surface area contributed by atoms with Crippen LogP contribution in [0.2, 0.25) is 5.02 Å². The Bertz CT molecular complexity index is 1260. The van der Waals surface area contributed by atoms with E-state index in [9.17, 15) is 18.8 Å². The second kappa shape index (κ2) is 8.99. The van der Waals surface area contributed by atoms with Crippen LogP contribution in [-0.4, -0.2) is 57.8 Å². The third-order valence-corrected chi connectivity index (χ3v) is 7.16. The Morgan fingerprint density at radius 3 is 2.56 bits per heavy atom. The summed E-state index contributed by atoms with van der Waals surface area (Å²) in [6.07, 6.45) is 0.555. The highest BCUT2D eigenvalue weighted by molar-refractivity contribution is 7.18. The van der Waals surface area contributed by atoms with Gasteiger partial charge in [-0.05, 0) is 37.6 Å². The molecule has 0 radical (unpaired) electrons. The first-order valence-corrected chi connectivity index (χ1v) is 11.4. The predicted molar refractivity (Wildman–Crippen MR) is 122 cm³/mol. The van der Waals surface area contributed by atoms with Crippen LogP contribution in [0.4, 0.5) is 4.39 Å². The van der Waals surface area contributed by atoms with Crippen LogP contribution < -0.4 is 5.56 Å². The van der Waals surface area contributed by atoms with Crippen molar-refractivity contribution in [3.05, 3.63) is 61.2 Å². The molecule has 1 aromatic carbocycles. The highest BCUT2D eigenvalue weighted by Crippen LogP contribution is 2.26. The fraction of sp³-hybridized carbons (Fsp3) is 0.364. The summed E-state index contributed by atoms with van der Waals surface area (Å²) in [6, 6.07) is 3.69. The molecule has 32 heavy (non-hydrogen) atoms. The van der Waals surface area contributed by atoms with E-state index in [4.69, 9.17) is 11.6 Å². The molecule has 168 valence electrons. The van der Waals surface area contributed by atoms with Crippen LogP contribution >= 0.6 is 22.9 Å². The van der Waals surface area contributed by atoms with E-state index in [0.29, 0.717) is 48.6 Å². The molecule has 10 heteroatoms. The highest BCUT2D eigenvalue weighted by Gasteiger charge is 2.26. The third-order valence-electron chi connectivity index (χ3n) is 5.74. The number of aryl methyl sites for hydroxylation is 3. The number of H-pyrrole nitrogens is 1. The van der Waals surface area contributed by atoms with E-state index in [2.05, 4.69) is 9.97 Å². The second-order valence-electron chi connectivity index (χ2n) is 7.77. The minimum atomic E-state index is -0.499. The highest BCUT2D eigenvalue weighted by atomic mass is 35.5. The lowest BCUT2D eigenvalue weighted by atomic mass is 10.1. The van der Waals surface area contributed by atoms with Crippen molar-refractivity contribution in [2.75, 3.05) is 26.2 Å². The van der Waals surface area contributed by atoms with Gasteiger partial charge in [0.25, 0.3) is 11.5 Å². The standard InChI is InChI=1S/C22H22ClFN4O3S/c1-12-13(2)32-21-19(12)20(30)25-17(26-21)5-6-18(29)27-7-9-28(10-8-27)22(31)15-4-3-14(24)11-16(15)23/h3-4,11H,5-10H2,1-2H3,(H,25,26,30). The van der Waals surface area contributed by atoms with E-state index in [1.54, 1.807) is 9.80 Å². The fourth-order valence-electron chi connectivity index (χ4n) is 3.79. The van der Waals surface area contributed by atoms with Crippen molar-refractivity contribution in [2.45, 2.75) is 26.7 Å². The van der Waals surface area contributed by atoms with E-state index >= 15 is 0 Å². The first-order valence-electron chi connectivity index (χ1n) is 10.3. The van der Waals surface area contributed by atoms with Gasteiger partial charge < -0.3 is 14.8 Å². The summed E-state index contributed by atoms with van der Waals surface area (Å²) in [7, 11) is 0. The van der Waals surface area contributed by atoms with Gasteiger partial charge in [-0.15, -0.1) is 11.3 Å². The zero-order valence-corrected chi connectivity index (χ0v) is 19.3. The molecule has 0 bridgehead atoms. The van der Waals surface area contributed by atoms with E-state index in [-0.39, 0.29) is 34.4 Å². The van der Waals surface area contributed by atoms with Crippen LogP contribution in [0.15, 0.2) is 23.0 Å². The van der Waals surface area contributed by atoms with Crippen LogP contribution in [-0.2, 0) is 11.2 Å². The first-order chi connectivity index (χ1) is 15.2. The molecule has 0 saturated carbocycles. The summed E-state index contributed by atoms with van der Waals surface area (Å²) in [5.74, 6) is -0.338. The van der Waals surface area contributed by atoms with Gasteiger partial charge in [-0.2, -0.15) is 0 Å². The number of benzene rings is 1. The molecule has 7 nitrogen and oxygen atoms in total. The Labute approximate surface area is 192 Å². The molecule has 2 amide bonds. The van der Waals surface area contributed by atoms with Gasteiger partial charge in [-0.3, -0.25) is 14.4 Å². The zero-order chi connectivity index (χ0) is 23.0. The molecule has 3 aromatic rings. The van der Waals surface area contributed by atoms with Crippen molar-refractivity contribution >= 4 is 45.0 Å². The van der Waals surface area contributed by atoms with E-state index in [1.165, 1.54) is 23.5 Å². The number of hydrogen-bond acceptors (Lipinski definition) is 5. The van der Waals surface area contributed by atoms with Crippen molar-refractivity contribution in [3.63, 3.8) is 0 Å². The number of halogens is 2. The SMILES string of the molecule is Cc1sc2nc(CCC(=O)N3CCN(C(=O)c4ccc(F)cc4Cl)CC3)[nH]c(=O)c2c1C. The number of nitrogens with zero attached hydrogens (tertiary/aromatic N) is 3. The number of carbonyl (C=O) groups excluding carboxylic acids is 2. The van der Waals surface area contributed by atoms with Gasteiger partial charge in [-0.25, -0.2) is 9.37 Å². The predicted octanol–water partition coefficient (Wildman–Crippen LogP) is 3.31. The van der Waals surface area contributed by atoms with Crippen LogP contribution in [0.1, 0.15) is 33.0 Å². The maximum atomic E-state index is 13.2. The topological polar surface area (TPSA) is 86.4 Å². The van der Waals surface area contributed by atoms with Gasteiger partial charge in [0.05, 0.1) is 16.0 Å². The Balaban J connectivity index is 1.34. The Kier molecular flexibility index (Phi) is 6.30. The molecule has 2 aromatic heterocycles. The quantitative estimate of drug-likeness (QED) is 0.626. The van der Waals surface area contributed by atoms with Crippen molar-refractivity contribution < 1.29 is 14.0 Å². The lowest BCUT2D eigenvalue weighted by Crippen LogP contribution is -2.50. The first kappa shape index (κ1) is 22.4. The van der Waals surface area contributed by atoms with Crippen molar-refractivity contribution in [1.82, 2.24) is 19.8 Å². The van der Waals surface area contributed by atoms with Crippen LogP contribution in [0.25, 0.3) is 10.2 Å². The molecule has 1 fully saturated rings. The summed E-state index contributed by atoms with van der Waals surface area (Å²) >= 11 is 7.48. The van der Waals surface area contributed by atoms with Gasteiger partial charge in [0, 0.05) is 43.9 Å². The number of piperazine rings is 1. The van der Waals surface area contributed by atoms with Gasteiger partial charge in [0.1, 0.15) is 16.5 Å². The van der Waals surface area contributed by atoms with Gasteiger partial charge in [0.2, 0.25) is 5.91 Å². The molecule has 0 atom stereocenters. The van der Waals surface area contributed by atoms with Crippen molar-refractivity contribution in [2.24, 2.45) is 0 Å². The van der Waals surface area contributed by atoms with Crippen LogP contribution in [0.5, 0.6) is 0 Å². The minimum Gasteiger partial charge on any atom is -0.339 e. The summed E-state index contributed by atoms with van der Waals surface area (Å²) in [5, 5.41) is 0.688. The molecule has 0 spiro atoms. The summed E-state index contributed by atoms with van der Waals surface area (Å²) < 4.78 is 13.2. The Morgan fingerprint density at radius 2 is 1.88 bits per heavy atom. The van der Waals surface area contributed by atoms with Gasteiger partial charge in [0.15, 0.2) is 0 Å². The number of aromatic nitrogens is 2. The summed E-state index contributed by atoms with van der Waals surface area (Å²) in [5.41, 5.74) is 1.01. The molecule has 0 unspecified atom stereocenters. The lowest BCUT2D eigenvalue weighted by molar-refractivity contribution is -0.132. The number of rotatable bonds is 4. The van der Waals surface area contributed by atoms with Crippen LogP contribution in [0.3, 0.4) is 0 Å². The summed E-state index contributed by atoms with van der Waals surface area (Å²) in [4.78, 5) is 50.1. The normalized spacial score (nSPS) is 14.2. The molecule has 1 N–H and O–H groups in total. The summed E-state index contributed by atoms with van der Waals surface area (Å²) in [6.45, 7) is 5.40. The van der Waals surface area contributed by atoms with E-state index in [0.717, 1.165) is 16.5 Å². The number of hydrogen-bond donors (Lipinski definition) is 1. The van der Waals surface area contributed by atoms with Crippen LogP contribution in [0, 0.1) is 19.7 Å². The molecular formula is C22H22ClFN4O3S. The van der Waals surface area contributed by atoms with Gasteiger partial charge in [-0.1, -0.05) is 11.6 Å². The second-order valence-corrected chi connectivity index (χ2v) is 9.38. The largest absolute Gasteiger partial charge is 0.339 e. The molecule has 1 saturated heterocycles. The maximum Gasteiger partial charge on any atom is 0.259 e. The Morgan fingerprint density at radius 1 is 1.19 bits per heavy atom. The van der Waals surface area contributed by atoms with Crippen molar-refractivity contribution in [3.8, 4) is 0 Å². The number of carbonyl (C=O) groups is 2. The minimum absolute atomic E-state index is 0.0572. The number of nitrogens with one attached hydrogen (secondary N) is 1. The maximum absolute atomic E-state index is 13.2. The molecule has 1 aliphatic rings. The monoisotopic (exact) mass is 476 g/mol. The number of aromatic amines is 1. The lowest BCUT2D eigenvalue weighted by Gasteiger charge is -2.35. The third kappa shape index (κ3) is 4.40. The van der Waals surface area contributed by atoms with E-state index < -0.39 is 5.82 Å². The fourth-order valence-corrected chi connectivity index (χ4v) is 5.09. The molecule has 4 rings (SSSR count). The van der Waals surface area contributed by atoms with Gasteiger partial charge >= 0.3 is 0 Å². The number of thiophene rings is 1. The molecule has 1 aliphatic heterocycles. The molecule has 0 aliphatic carbocycles. The smallest absolute Gasteiger partial charge is 0.259 e. The molecule has 3 heterocycles. The zero-order valence-electron chi connectivity index (χ0n) is 17.7. The molecular weight excluding hydrogens is 455 g/mol. The number of fused-ring (bicyclic) bond motifs is 1. The Hall–Kier alpha value is -2.78. The average molecular weight is 477 g/mol. The number of amides is 2. The average Bonchev–Trinajstić information content (AvgIpc) is 3.05. The van der Waals surface area contributed by atoms with Crippen molar-refractivity contribution in [1.29, 1.82) is 0 Å². The van der Waals surface area contributed by atoms with E-state index in [1.807, 2.05) is 13.8 Å².